The van der Waals surface area contributed by atoms with Gasteiger partial charge in [-0.15, -0.1) is 10.2 Å². The Morgan fingerprint density at radius 1 is 1.23 bits per heavy atom. The molecule has 30 heavy (non-hydrogen) atoms. The van der Waals surface area contributed by atoms with E-state index in [1.54, 1.807) is 24.3 Å². The van der Waals surface area contributed by atoms with Crippen molar-refractivity contribution in [3.8, 4) is 11.5 Å². The number of ether oxygens (including phenoxy) is 1. The average Bonchev–Trinajstić information content (AvgIpc) is 3.36. The van der Waals surface area contributed by atoms with E-state index in [1.165, 1.54) is 0 Å². The van der Waals surface area contributed by atoms with Gasteiger partial charge in [-0.1, -0.05) is 23.4 Å². The van der Waals surface area contributed by atoms with Crippen LogP contribution < -0.4 is 0 Å². The van der Waals surface area contributed by atoms with Crippen LogP contribution in [0.15, 0.2) is 40.0 Å². The molecule has 0 aliphatic heterocycles. The third kappa shape index (κ3) is 4.60. The van der Waals surface area contributed by atoms with Crippen LogP contribution in [0.1, 0.15) is 40.6 Å². The molecule has 0 radical (unpaired) electrons. The van der Waals surface area contributed by atoms with Gasteiger partial charge in [0.05, 0.1) is 0 Å². The molecule has 1 aliphatic rings. The number of Topliss-reactive ketones (excluding diaryl/α,β-unsaturated/α-hetero) is 1. The molecular weight excluding hydrogens is 426 g/mol. The van der Waals surface area contributed by atoms with Gasteiger partial charge in [-0.05, 0) is 57.0 Å². The molecule has 0 amide bonds. The Kier molecular flexibility index (Phi) is 5.97. The van der Waals surface area contributed by atoms with Crippen LogP contribution in [0.25, 0.3) is 11.5 Å². The summed E-state index contributed by atoms with van der Waals surface area (Å²) in [5.74, 6) is -0.410. The summed E-state index contributed by atoms with van der Waals surface area (Å²) < 4.78 is 12.9. The first-order valence-electron chi connectivity index (χ1n) is 9.52. The standard InChI is InChI=1S/C21H20ClN3O4S/c1-12-9-17(13(2)25(12)16-7-8-16)18(26)10-28-19(27)11-30-21-24-23-20(29-21)14-3-5-15(22)6-4-14/h3-6,9,16H,7-8,10-11H2,1-2H3. The van der Waals surface area contributed by atoms with Crippen LogP contribution in [0.5, 0.6) is 0 Å². The molecule has 2 heterocycles. The Balaban J connectivity index is 1.28. The highest BCUT2D eigenvalue weighted by Gasteiger charge is 2.28. The van der Waals surface area contributed by atoms with Crippen molar-refractivity contribution in [2.45, 2.75) is 38.0 Å². The molecule has 7 nitrogen and oxygen atoms in total. The molecule has 2 aromatic heterocycles. The lowest BCUT2D eigenvalue weighted by molar-refractivity contribution is -0.139. The van der Waals surface area contributed by atoms with E-state index in [1.807, 2.05) is 19.9 Å². The Morgan fingerprint density at radius 3 is 2.67 bits per heavy atom. The third-order valence-electron chi connectivity index (χ3n) is 4.87. The molecular formula is C21H20ClN3O4S. The largest absolute Gasteiger partial charge is 0.457 e. The van der Waals surface area contributed by atoms with Crippen molar-refractivity contribution < 1.29 is 18.7 Å². The van der Waals surface area contributed by atoms with Crippen molar-refractivity contribution >= 4 is 35.1 Å². The Bertz CT molecular complexity index is 1090. The summed E-state index contributed by atoms with van der Waals surface area (Å²) in [7, 11) is 0. The summed E-state index contributed by atoms with van der Waals surface area (Å²) in [5, 5.41) is 8.73. The van der Waals surface area contributed by atoms with Crippen LogP contribution in [0.3, 0.4) is 0 Å². The fourth-order valence-electron chi connectivity index (χ4n) is 3.32. The number of esters is 1. The molecule has 0 bridgehead atoms. The van der Waals surface area contributed by atoms with Crippen molar-refractivity contribution in [1.29, 1.82) is 0 Å². The zero-order chi connectivity index (χ0) is 21.3. The van der Waals surface area contributed by atoms with E-state index in [9.17, 15) is 9.59 Å². The minimum absolute atomic E-state index is 0.0311. The van der Waals surface area contributed by atoms with E-state index in [0.717, 1.165) is 41.6 Å². The second-order valence-corrected chi connectivity index (χ2v) is 8.50. The Hall–Kier alpha value is -2.58. The second kappa shape index (κ2) is 8.65. The molecule has 0 spiro atoms. The number of hydrogen-bond acceptors (Lipinski definition) is 7. The van der Waals surface area contributed by atoms with Crippen LogP contribution >= 0.6 is 23.4 Å². The number of carbonyl (C=O) groups excluding carboxylic acids is 2. The molecule has 4 rings (SSSR count). The maximum Gasteiger partial charge on any atom is 0.316 e. The molecule has 1 aromatic carbocycles. The number of hydrogen-bond donors (Lipinski definition) is 0. The predicted molar refractivity (Wildman–Crippen MR) is 113 cm³/mol. The summed E-state index contributed by atoms with van der Waals surface area (Å²) in [6, 6.07) is 9.36. The van der Waals surface area contributed by atoms with Crippen molar-refractivity contribution in [3.05, 3.63) is 52.3 Å². The monoisotopic (exact) mass is 445 g/mol. The first-order valence-corrected chi connectivity index (χ1v) is 10.9. The number of ketones is 1. The van der Waals surface area contributed by atoms with Gasteiger partial charge in [0.2, 0.25) is 11.7 Å². The molecule has 0 unspecified atom stereocenters. The van der Waals surface area contributed by atoms with Gasteiger partial charge < -0.3 is 13.7 Å². The first-order chi connectivity index (χ1) is 14.4. The first kappa shape index (κ1) is 20.7. The maximum atomic E-state index is 12.5. The van der Waals surface area contributed by atoms with Gasteiger partial charge in [0.25, 0.3) is 5.22 Å². The topological polar surface area (TPSA) is 87.2 Å². The highest BCUT2D eigenvalue weighted by atomic mass is 35.5. The number of benzene rings is 1. The Labute approximate surface area is 182 Å². The van der Waals surface area contributed by atoms with Crippen LogP contribution in [0.2, 0.25) is 5.02 Å². The lowest BCUT2D eigenvalue weighted by Gasteiger charge is -2.07. The number of halogens is 1. The normalized spacial score (nSPS) is 13.4. The molecule has 9 heteroatoms. The number of aryl methyl sites for hydroxylation is 1. The van der Waals surface area contributed by atoms with E-state index in [0.29, 0.717) is 22.5 Å². The summed E-state index contributed by atoms with van der Waals surface area (Å²) in [5.41, 5.74) is 3.35. The number of thioether (sulfide) groups is 1. The van der Waals surface area contributed by atoms with Gasteiger partial charge in [0.15, 0.2) is 6.61 Å². The van der Waals surface area contributed by atoms with Gasteiger partial charge in [-0.2, -0.15) is 0 Å². The molecule has 0 N–H and O–H groups in total. The van der Waals surface area contributed by atoms with Gasteiger partial charge in [0, 0.05) is 33.6 Å². The molecule has 1 saturated carbocycles. The molecule has 1 fully saturated rings. The average molecular weight is 446 g/mol. The van der Waals surface area contributed by atoms with Gasteiger partial charge >= 0.3 is 5.97 Å². The highest BCUT2D eigenvalue weighted by molar-refractivity contribution is 7.99. The zero-order valence-electron chi connectivity index (χ0n) is 16.6. The van der Waals surface area contributed by atoms with Gasteiger partial charge in [-0.25, -0.2) is 0 Å². The lowest BCUT2D eigenvalue weighted by atomic mass is 10.1. The second-order valence-electron chi connectivity index (χ2n) is 7.14. The van der Waals surface area contributed by atoms with E-state index in [-0.39, 0.29) is 23.4 Å². The summed E-state index contributed by atoms with van der Waals surface area (Å²) in [6.07, 6.45) is 2.29. The SMILES string of the molecule is Cc1cc(C(=O)COC(=O)CSc2nnc(-c3ccc(Cl)cc3)o2)c(C)n1C1CC1. The Morgan fingerprint density at radius 2 is 1.97 bits per heavy atom. The van der Waals surface area contributed by atoms with Crippen molar-refractivity contribution in [1.82, 2.24) is 14.8 Å². The fraction of sp³-hybridized carbons (Fsp3) is 0.333. The third-order valence-corrected chi connectivity index (χ3v) is 5.92. The maximum absolute atomic E-state index is 12.5. The van der Waals surface area contributed by atoms with Crippen LogP contribution in [0.4, 0.5) is 0 Å². The zero-order valence-corrected chi connectivity index (χ0v) is 18.1. The quantitative estimate of drug-likeness (QED) is 0.283. The van der Waals surface area contributed by atoms with Crippen LogP contribution in [-0.4, -0.2) is 38.9 Å². The van der Waals surface area contributed by atoms with Gasteiger partial charge in [0.1, 0.15) is 5.75 Å². The minimum Gasteiger partial charge on any atom is -0.457 e. The van der Waals surface area contributed by atoms with E-state index in [2.05, 4.69) is 14.8 Å². The predicted octanol–water partition coefficient (Wildman–Crippen LogP) is 4.66. The summed E-state index contributed by atoms with van der Waals surface area (Å²) in [4.78, 5) is 24.5. The smallest absolute Gasteiger partial charge is 0.316 e. The van der Waals surface area contributed by atoms with Crippen molar-refractivity contribution in [2.24, 2.45) is 0 Å². The van der Waals surface area contributed by atoms with Crippen LogP contribution in [0, 0.1) is 13.8 Å². The fourth-order valence-corrected chi connectivity index (χ4v) is 4.00. The minimum atomic E-state index is -0.518. The molecule has 1 aliphatic carbocycles. The van der Waals surface area contributed by atoms with Crippen molar-refractivity contribution in [3.63, 3.8) is 0 Å². The molecule has 0 saturated heterocycles. The summed E-state index contributed by atoms with van der Waals surface area (Å²) >= 11 is 6.93. The molecule has 3 aromatic rings. The van der Waals surface area contributed by atoms with Crippen LogP contribution in [-0.2, 0) is 9.53 Å². The van der Waals surface area contributed by atoms with Gasteiger partial charge in [-0.3, -0.25) is 9.59 Å². The highest BCUT2D eigenvalue weighted by Crippen LogP contribution is 2.38. The number of nitrogens with zero attached hydrogens (tertiary/aromatic N) is 3. The molecule has 0 atom stereocenters. The number of carbonyl (C=O) groups is 2. The van der Waals surface area contributed by atoms with E-state index < -0.39 is 5.97 Å². The lowest BCUT2D eigenvalue weighted by Crippen LogP contribution is -2.16. The van der Waals surface area contributed by atoms with E-state index in [4.69, 9.17) is 20.8 Å². The molecule has 156 valence electrons. The number of rotatable bonds is 8. The van der Waals surface area contributed by atoms with E-state index >= 15 is 0 Å². The summed E-state index contributed by atoms with van der Waals surface area (Å²) in [6.45, 7) is 3.64. The number of aromatic nitrogens is 3. The van der Waals surface area contributed by atoms with Crippen molar-refractivity contribution in [2.75, 3.05) is 12.4 Å².